The van der Waals surface area contributed by atoms with Crippen molar-refractivity contribution < 1.29 is 9.90 Å². The fourth-order valence-corrected chi connectivity index (χ4v) is 2.28. The molecule has 17 heavy (non-hydrogen) atoms. The summed E-state index contributed by atoms with van der Waals surface area (Å²) >= 11 is 1.50. The van der Waals surface area contributed by atoms with Crippen LogP contribution in [-0.2, 0) is 0 Å². The topological polar surface area (TPSA) is 40.5 Å². The maximum absolute atomic E-state index is 12.2. The summed E-state index contributed by atoms with van der Waals surface area (Å²) in [5.41, 5.74) is 1.39. The van der Waals surface area contributed by atoms with E-state index in [-0.39, 0.29) is 11.7 Å². The fraction of sp³-hybridized carbons (Fsp3) is 0.154. The lowest BCUT2D eigenvalue weighted by Crippen LogP contribution is -2.30. The molecule has 0 saturated heterocycles. The van der Waals surface area contributed by atoms with Gasteiger partial charge in [-0.25, -0.2) is 0 Å². The van der Waals surface area contributed by atoms with Gasteiger partial charge in [0.2, 0.25) is 0 Å². The van der Waals surface area contributed by atoms with Crippen molar-refractivity contribution >= 4 is 22.9 Å². The standard InChI is InChI=1S/C13H13NO2S/c1-2-14(11-4-3-5-12(15)8-11)13(16)10-6-7-17-9-10/h3-9,15H,2H2,1H3. The highest BCUT2D eigenvalue weighted by Crippen LogP contribution is 2.22. The normalized spacial score (nSPS) is 10.2. The summed E-state index contributed by atoms with van der Waals surface area (Å²) in [7, 11) is 0. The van der Waals surface area contributed by atoms with Crippen LogP contribution >= 0.6 is 11.3 Å². The molecule has 0 aliphatic rings. The highest BCUT2D eigenvalue weighted by atomic mass is 32.1. The molecule has 0 unspecified atom stereocenters. The monoisotopic (exact) mass is 247 g/mol. The number of nitrogens with zero attached hydrogens (tertiary/aromatic N) is 1. The summed E-state index contributed by atoms with van der Waals surface area (Å²) < 4.78 is 0. The largest absolute Gasteiger partial charge is 0.508 e. The van der Waals surface area contributed by atoms with Crippen LogP contribution in [0, 0.1) is 0 Å². The van der Waals surface area contributed by atoms with Crippen LogP contribution < -0.4 is 4.90 Å². The Labute approximate surface area is 104 Å². The quantitative estimate of drug-likeness (QED) is 0.905. The number of hydrogen-bond acceptors (Lipinski definition) is 3. The molecule has 1 aromatic heterocycles. The molecule has 0 aliphatic heterocycles. The third-order valence-corrected chi connectivity index (χ3v) is 3.15. The molecule has 0 fully saturated rings. The molecule has 88 valence electrons. The van der Waals surface area contributed by atoms with E-state index in [1.165, 1.54) is 11.3 Å². The Morgan fingerprint density at radius 1 is 1.41 bits per heavy atom. The SMILES string of the molecule is CCN(C(=O)c1ccsc1)c1cccc(O)c1. The van der Waals surface area contributed by atoms with Crippen LogP contribution in [0.25, 0.3) is 0 Å². The zero-order valence-electron chi connectivity index (χ0n) is 9.46. The summed E-state index contributed by atoms with van der Waals surface area (Å²) in [6.45, 7) is 2.48. The molecule has 0 bridgehead atoms. The van der Waals surface area contributed by atoms with Gasteiger partial charge in [-0.3, -0.25) is 4.79 Å². The first-order valence-electron chi connectivity index (χ1n) is 5.35. The number of carbonyl (C=O) groups excluding carboxylic acids is 1. The molecule has 0 radical (unpaired) electrons. The van der Waals surface area contributed by atoms with Crippen molar-refractivity contribution in [2.75, 3.05) is 11.4 Å². The van der Waals surface area contributed by atoms with E-state index in [9.17, 15) is 9.90 Å². The number of carbonyl (C=O) groups is 1. The zero-order chi connectivity index (χ0) is 12.3. The molecular weight excluding hydrogens is 234 g/mol. The molecule has 2 rings (SSSR count). The van der Waals surface area contributed by atoms with Crippen LogP contribution in [0.4, 0.5) is 5.69 Å². The van der Waals surface area contributed by atoms with E-state index in [1.807, 2.05) is 23.8 Å². The number of amides is 1. The Hall–Kier alpha value is -1.81. The average molecular weight is 247 g/mol. The number of thiophene rings is 1. The van der Waals surface area contributed by atoms with Gasteiger partial charge in [0.15, 0.2) is 0 Å². The predicted octanol–water partition coefficient (Wildman–Crippen LogP) is 3.12. The molecule has 1 heterocycles. The van der Waals surface area contributed by atoms with Crippen molar-refractivity contribution in [2.24, 2.45) is 0 Å². The molecule has 1 amide bonds. The van der Waals surface area contributed by atoms with Gasteiger partial charge >= 0.3 is 0 Å². The second-order valence-electron chi connectivity index (χ2n) is 3.58. The molecule has 0 atom stereocenters. The highest BCUT2D eigenvalue weighted by molar-refractivity contribution is 7.08. The first-order valence-corrected chi connectivity index (χ1v) is 6.29. The third-order valence-electron chi connectivity index (χ3n) is 2.47. The smallest absolute Gasteiger partial charge is 0.259 e. The van der Waals surface area contributed by atoms with E-state index < -0.39 is 0 Å². The number of phenolic OH excluding ortho intramolecular Hbond substituents is 1. The number of aromatic hydroxyl groups is 1. The van der Waals surface area contributed by atoms with Crippen LogP contribution in [0.15, 0.2) is 41.1 Å². The van der Waals surface area contributed by atoms with Gasteiger partial charge < -0.3 is 10.0 Å². The van der Waals surface area contributed by atoms with Crippen LogP contribution in [0.5, 0.6) is 5.75 Å². The van der Waals surface area contributed by atoms with Crippen LogP contribution in [0.1, 0.15) is 17.3 Å². The van der Waals surface area contributed by atoms with E-state index in [4.69, 9.17) is 0 Å². The van der Waals surface area contributed by atoms with Crippen molar-refractivity contribution in [1.82, 2.24) is 0 Å². The number of hydrogen-bond donors (Lipinski definition) is 1. The van der Waals surface area contributed by atoms with E-state index in [2.05, 4.69) is 0 Å². The first-order chi connectivity index (χ1) is 8.22. The van der Waals surface area contributed by atoms with Crippen molar-refractivity contribution in [3.05, 3.63) is 46.7 Å². The van der Waals surface area contributed by atoms with Crippen molar-refractivity contribution in [1.29, 1.82) is 0 Å². The Morgan fingerprint density at radius 2 is 2.24 bits per heavy atom. The fourth-order valence-electron chi connectivity index (χ4n) is 1.65. The number of benzene rings is 1. The second-order valence-corrected chi connectivity index (χ2v) is 4.36. The summed E-state index contributed by atoms with van der Waals surface area (Å²) in [6.07, 6.45) is 0. The Kier molecular flexibility index (Phi) is 3.44. The molecule has 2 aromatic rings. The Bertz CT molecular complexity index is 508. The molecule has 1 N–H and O–H groups in total. The van der Waals surface area contributed by atoms with Crippen molar-refractivity contribution in [2.45, 2.75) is 6.92 Å². The van der Waals surface area contributed by atoms with Gasteiger partial charge in [-0.2, -0.15) is 11.3 Å². The number of phenols is 1. The van der Waals surface area contributed by atoms with E-state index in [1.54, 1.807) is 29.2 Å². The molecule has 0 aliphatic carbocycles. The van der Waals surface area contributed by atoms with Gasteiger partial charge in [-0.1, -0.05) is 6.07 Å². The molecule has 4 heteroatoms. The lowest BCUT2D eigenvalue weighted by Gasteiger charge is -2.20. The van der Waals surface area contributed by atoms with E-state index in [0.717, 1.165) is 0 Å². The Morgan fingerprint density at radius 3 is 2.82 bits per heavy atom. The summed E-state index contributed by atoms with van der Waals surface area (Å²) in [5.74, 6) is 0.124. The average Bonchev–Trinajstić information content (AvgIpc) is 2.83. The van der Waals surface area contributed by atoms with E-state index >= 15 is 0 Å². The van der Waals surface area contributed by atoms with Crippen molar-refractivity contribution in [3.63, 3.8) is 0 Å². The van der Waals surface area contributed by atoms with Crippen molar-refractivity contribution in [3.8, 4) is 5.75 Å². The predicted molar refractivity (Wildman–Crippen MR) is 69.8 cm³/mol. The van der Waals surface area contributed by atoms with Gasteiger partial charge in [-0.05, 0) is 30.5 Å². The molecule has 1 aromatic carbocycles. The van der Waals surface area contributed by atoms with Crippen LogP contribution in [0.2, 0.25) is 0 Å². The van der Waals surface area contributed by atoms with Gasteiger partial charge in [0, 0.05) is 23.7 Å². The highest BCUT2D eigenvalue weighted by Gasteiger charge is 2.16. The minimum absolute atomic E-state index is 0.0423. The molecular formula is C13H13NO2S. The maximum Gasteiger partial charge on any atom is 0.259 e. The molecule has 0 saturated carbocycles. The van der Waals surface area contributed by atoms with Gasteiger partial charge in [0.1, 0.15) is 5.75 Å². The second kappa shape index (κ2) is 5.01. The Balaban J connectivity index is 2.31. The third kappa shape index (κ3) is 2.47. The molecule has 0 spiro atoms. The number of rotatable bonds is 3. The lowest BCUT2D eigenvalue weighted by molar-refractivity contribution is 0.0989. The van der Waals surface area contributed by atoms with Gasteiger partial charge in [-0.15, -0.1) is 0 Å². The van der Waals surface area contributed by atoms with E-state index in [0.29, 0.717) is 17.8 Å². The minimum atomic E-state index is -0.0423. The first kappa shape index (κ1) is 11.7. The minimum Gasteiger partial charge on any atom is -0.508 e. The van der Waals surface area contributed by atoms with Crippen LogP contribution in [-0.4, -0.2) is 17.6 Å². The van der Waals surface area contributed by atoms with Gasteiger partial charge in [0.25, 0.3) is 5.91 Å². The summed E-state index contributed by atoms with van der Waals surface area (Å²) in [5, 5.41) is 13.1. The number of anilines is 1. The summed E-state index contributed by atoms with van der Waals surface area (Å²) in [6, 6.07) is 8.53. The maximum atomic E-state index is 12.2. The van der Waals surface area contributed by atoms with Crippen LogP contribution in [0.3, 0.4) is 0 Å². The van der Waals surface area contributed by atoms with Gasteiger partial charge in [0.05, 0.1) is 5.56 Å². The lowest BCUT2D eigenvalue weighted by atomic mass is 10.2. The molecule has 3 nitrogen and oxygen atoms in total. The zero-order valence-corrected chi connectivity index (χ0v) is 10.3. The summed E-state index contributed by atoms with van der Waals surface area (Å²) in [4.78, 5) is 13.8.